The summed E-state index contributed by atoms with van der Waals surface area (Å²) in [7, 11) is 0. The van der Waals surface area contributed by atoms with Gasteiger partial charge in [0.2, 0.25) is 6.41 Å². The van der Waals surface area contributed by atoms with Crippen molar-refractivity contribution in [2.24, 2.45) is 5.41 Å². The first-order valence-electron chi connectivity index (χ1n) is 13.8. The van der Waals surface area contributed by atoms with Crippen LogP contribution in [0.3, 0.4) is 0 Å². The Morgan fingerprint density at radius 3 is 2.40 bits per heavy atom. The lowest BCUT2D eigenvalue weighted by Gasteiger charge is -2.40. The summed E-state index contributed by atoms with van der Waals surface area (Å²) in [5.41, 5.74) is 2.64. The van der Waals surface area contributed by atoms with Crippen LogP contribution in [-0.4, -0.2) is 58.5 Å². The number of hydrogen-bond acceptors (Lipinski definition) is 5. The predicted molar refractivity (Wildman–Crippen MR) is 160 cm³/mol. The average molecular weight is 609 g/mol. The van der Waals surface area contributed by atoms with Gasteiger partial charge >= 0.3 is 0 Å². The highest BCUT2D eigenvalue weighted by Gasteiger charge is 2.30. The van der Waals surface area contributed by atoms with Gasteiger partial charge < -0.3 is 25.3 Å². The van der Waals surface area contributed by atoms with Crippen LogP contribution in [0.5, 0.6) is 11.5 Å². The smallest absolute Gasteiger partial charge is 0.251 e. The summed E-state index contributed by atoms with van der Waals surface area (Å²) >= 11 is 3.46. The summed E-state index contributed by atoms with van der Waals surface area (Å²) in [6, 6.07) is 21.9. The number of nitrogens with zero attached hydrogens (tertiary/aromatic N) is 2. The standard InChI is InChI=1S/C32H38BrN3O4/c1-32(16-20-36(23-37)22-24-7-10-27(33)11-8-24)14-18-35(19-15-32)17-13-28(25-5-3-2-4-6-25)34-31(40)26-9-12-29(38)30(39)21-26/h2-12,21,23,28,38-39H,13-20,22H2,1H3,(H,34,40). The second-order valence-electron chi connectivity index (χ2n) is 11.0. The lowest BCUT2D eigenvalue weighted by Crippen LogP contribution is -2.41. The largest absolute Gasteiger partial charge is 0.504 e. The zero-order chi connectivity index (χ0) is 28.5. The molecule has 8 heteroatoms. The van der Waals surface area contributed by atoms with Crippen LogP contribution < -0.4 is 5.32 Å². The molecule has 3 aromatic carbocycles. The van der Waals surface area contributed by atoms with Crippen molar-refractivity contribution >= 4 is 28.2 Å². The second kappa shape index (κ2) is 13.8. The van der Waals surface area contributed by atoms with E-state index < -0.39 is 0 Å². The normalized spacial score (nSPS) is 15.8. The molecule has 2 amide bonds. The van der Waals surface area contributed by atoms with Gasteiger partial charge in [-0.25, -0.2) is 0 Å². The minimum atomic E-state index is -0.315. The number of halogens is 1. The quantitative estimate of drug-likeness (QED) is 0.177. The van der Waals surface area contributed by atoms with Gasteiger partial charge in [0.05, 0.1) is 6.04 Å². The molecule has 0 saturated carbocycles. The maximum atomic E-state index is 13.0. The highest BCUT2D eigenvalue weighted by molar-refractivity contribution is 9.10. The average Bonchev–Trinajstić information content (AvgIpc) is 2.97. The molecular formula is C32H38BrN3O4. The zero-order valence-electron chi connectivity index (χ0n) is 22.9. The van der Waals surface area contributed by atoms with Crippen molar-refractivity contribution in [2.75, 3.05) is 26.2 Å². The van der Waals surface area contributed by atoms with Crippen molar-refractivity contribution in [1.29, 1.82) is 0 Å². The molecular weight excluding hydrogens is 570 g/mol. The fraction of sp³-hybridized carbons (Fsp3) is 0.375. The number of amides is 2. The number of benzene rings is 3. The van der Waals surface area contributed by atoms with Crippen molar-refractivity contribution < 1.29 is 19.8 Å². The molecule has 1 aliphatic heterocycles. The van der Waals surface area contributed by atoms with E-state index in [-0.39, 0.29) is 28.9 Å². The van der Waals surface area contributed by atoms with Crippen LogP contribution in [0.1, 0.15) is 60.1 Å². The Balaban J connectivity index is 1.29. The molecule has 40 heavy (non-hydrogen) atoms. The van der Waals surface area contributed by atoms with E-state index in [1.165, 1.54) is 18.2 Å². The van der Waals surface area contributed by atoms with Gasteiger partial charge in [-0.15, -0.1) is 0 Å². The van der Waals surface area contributed by atoms with Crippen molar-refractivity contribution in [3.63, 3.8) is 0 Å². The summed E-state index contributed by atoms with van der Waals surface area (Å²) < 4.78 is 1.03. The molecule has 1 aliphatic rings. The number of phenols is 2. The topological polar surface area (TPSA) is 93.1 Å². The van der Waals surface area contributed by atoms with Gasteiger partial charge in [0.15, 0.2) is 11.5 Å². The van der Waals surface area contributed by atoms with Gasteiger partial charge in [-0.05, 0) is 85.6 Å². The molecule has 1 atom stereocenters. The molecule has 7 nitrogen and oxygen atoms in total. The van der Waals surface area contributed by atoms with Crippen molar-refractivity contribution in [1.82, 2.24) is 15.1 Å². The van der Waals surface area contributed by atoms with Crippen LogP contribution in [0, 0.1) is 5.41 Å². The third kappa shape index (κ3) is 8.32. The van der Waals surface area contributed by atoms with E-state index in [0.29, 0.717) is 12.1 Å². The minimum absolute atomic E-state index is 0.183. The highest BCUT2D eigenvalue weighted by Crippen LogP contribution is 2.35. The van der Waals surface area contributed by atoms with Crippen LogP contribution in [-0.2, 0) is 11.3 Å². The van der Waals surface area contributed by atoms with Gasteiger partial charge in [-0.2, -0.15) is 0 Å². The van der Waals surface area contributed by atoms with E-state index >= 15 is 0 Å². The number of likely N-dealkylation sites (tertiary alicyclic amines) is 1. The first-order valence-corrected chi connectivity index (χ1v) is 14.6. The molecule has 3 N–H and O–H groups in total. The Morgan fingerprint density at radius 1 is 1.05 bits per heavy atom. The molecule has 3 aromatic rings. The Morgan fingerprint density at radius 2 is 1.75 bits per heavy atom. The fourth-order valence-corrected chi connectivity index (χ4v) is 5.46. The van der Waals surface area contributed by atoms with Crippen LogP contribution in [0.4, 0.5) is 0 Å². The van der Waals surface area contributed by atoms with E-state index in [9.17, 15) is 19.8 Å². The summed E-state index contributed by atoms with van der Waals surface area (Å²) in [5, 5.41) is 22.5. The summed E-state index contributed by atoms with van der Waals surface area (Å²) in [6.07, 6.45) is 4.80. The van der Waals surface area contributed by atoms with E-state index in [1.807, 2.05) is 59.5 Å². The predicted octanol–water partition coefficient (Wildman–Crippen LogP) is 5.87. The number of rotatable bonds is 12. The van der Waals surface area contributed by atoms with Crippen LogP contribution in [0.15, 0.2) is 77.3 Å². The molecule has 1 unspecified atom stereocenters. The van der Waals surface area contributed by atoms with Gasteiger partial charge in [-0.3, -0.25) is 9.59 Å². The first kappa shape index (κ1) is 29.6. The summed E-state index contributed by atoms with van der Waals surface area (Å²) in [4.78, 5) is 29.0. The third-order valence-corrected chi connectivity index (χ3v) is 8.52. The molecule has 1 saturated heterocycles. The third-order valence-electron chi connectivity index (χ3n) is 7.99. The monoisotopic (exact) mass is 607 g/mol. The van der Waals surface area contributed by atoms with E-state index in [1.54, 1.807) is 0 Å². The van der Waals surface area contributed by atoms with Gasteiger partial charge in [0.25, 0.3) is 5.91 Å². The van der Waals surface area contributed by atoms with E-state index in [0.717, 1.165) is 73.9 Å². The van der Waals surface area contributed by atoms with Crippen molar-refractivity contribution in [3.05, 3.63) is 94.0 Å². The van der Waals surface area contributed by atoms with Crippen LogP contribution >= 0.6 is 15.9 Å². The number of aromatic hydroxyl groups is 2. The molecule has 0 bridgehead atoms. The molecule has 0 aromatic heterocycles. The van der Waals surface area contributed by atoms with Crippen molar-refractivity contribution in [3.8, 4) is 11.5 Å². The van der Waals surface area contributed by atoms with E-state index in [2.05, 4.69) is 33.1 Å². The van der Waals surface area contributed by atoms with Gasteiger partial charge in [-0.1, -0.05) is 65.3 Å². The van der Waals surface area contributed by atoms with E-state index in [4.69, 9.17) is 0 Å². The molecule has 212 valence electrons. The maximum Gasteiger partial charge on any atom is 0.251 e. The molecule has 0 radical (unpaired) electrons. The van der Waals surface area contributed by atoms with Gasteiger partial charge in [0, 0.05) is 29.7 Å². The Kier molecular flexibility index (Phi) is 10.2. The van der Waals surface area contributed by atoms with Crippen molar-refractivity contribution in [2.45, 2.75) is 45.2 Å². The lowest BCUT2D eigenvalue weighted by atomic mass is 9.77. The summed E-state index contributed by atoms with van der Waals surface area (Å²) in [6.45, 7) is 6.49. The number of phenolic OH excluding ortho intramolecular Hbond substituents is 2. The first-order chi connectivity index (χ1) is 19.2. The number of piperidine rings is 1. The Labute approximate surface area is 244 Å². The summed E-state index contributed by atoms with van der Waals surface area (Å²) in [5.74, 6) is -0.861. The number of carbonyl (C=O) groups excluding carboxylic acids is 2. The maximum absolute atomic E-state index is 13.0. The second-order valence-corrected chi connectivity index (χ2v) is 11.9. The fourth-order valence-electron chi connectivity index (χ4n) is 5.20. The van der Waals surface area contributed by atoms with Crippen LogP contribution in [0.2, 0.25) is 0 Å². The number of hydrogen-bond donors (Lipinski definition) is 3. The highest BCUT2D eigenvalue weighted by atomic mass is 79.9. The minimum Gasteiger partial charge on any atom is -0.504 e. The molecule has 1 heterocycles. The Hall–Kier alpha value is -3.36. The lowest BCUT2D eigenvalue weighted by molar-refractivity contribution is -0.119. The molecule has 1 fully saturated rings. The SMILES string of the molecule is CC1(CCN(C=O)Cc2ccc(Br)cc2)CCN(CCC(NC(=O)c2ccc(O)c(O)c2)c2ccccc2)CC1. The Bertz CT molecular complexity index is 1260. The molecule has 0 aliphatic carbocycles. The van der Waals surface area contributed by atoms with Gasteiger partial charge in [0.1, 0.15) is 0 Å². The number of nitrogens with one attached hydrogen (secondary N) is 1. The zero-order valence-corrected chi connectivity index (χ0v) is 24.5. The molecule has 0 spiro atoms. The molecule has 4 rings (SSSR count). The number of carbonyl (C=O) groups is 2. The van der Waals surface area contributed by atoms with Crippen LogP contribution in [0.25, 0.3) is 0 Å².